The van der Waals surface area contributed by atoms with Gasteiger partial charge in [-0.15, -0.1) is 0 Å². The first-order valence-electron chi connectivity index (χ1n) is 10.9. The Bertz CT molecular complexity index is 575. The van der Waals surface area contributed by atoms with E-state index in [4.69, 9.17) is 0 Å². The molecule has 0 aromatic rings. The summed E-state index contributed by atoms with van der Waals surface area (Å²) in [5.74, 6) is 5.06. The SMILES string of the molecule is [C-]1=C(C2=C(C3=[C-]C4CCC3CC4)C3CCC2CC3)C2CCC1CC2.[Li+].[Li+]. The molecule has 0 aromatic carbocycles. The average molecular weight is 332 g/mol. The molecule has 9 aliphatic rings. The van der Waals surface area contributed by atoms with Crippen molar-refractivity contribution in [1.82, 2.24) is 0 Å². The van der Waals surface area contributed by atoms with Gasteiger partial charge in [-0.2, -0.15) is 0 Å². The van der Waals surface area contributed by atoms with E-state index < -0.39 is 0 Å². The molecule has 128 valence electrons. The molecule has 0 unspecified atom stereocenters. The van der Waals surface area contributed by atoms with Crippen molar-refractivity contribution in [3.05, 3.63) is 34.4 Å². The molecule has 0 N–H and O–H groups in total. The predicted molar refractivity (Wildman–Crippen MR) is 96.9 cm³/mol. The van der Waals surface area contributed by atoms with Crippen molar-refractivity contribution in [3.8, 4) is 0 Å². The summed E-state index contributed by atoms with van der Waals surface area (Å²) in [7, 11) is 0. The summed E-state index contributed by atoms with van der Waals surface area (Å²) in [6.07, 6.45) is 25.4. The van der Waals surface area contributed by atoms with Gasteiger partial charge < -0.3 is 0 Å². The van der Waals surface area contributed by atoms with E-state index in [1.54, 1.807) is 11.1 Å². The summed E-state index contributed by atoms with van der Waals surface area (Å²) in [6, 6.07) is 0. The fourth-order valence-electron chi connectivity index (χ4n) is 7.16. The second kappa shape index (κ2) is 7.68. The molecule has 0 radical (unpaired) electrons. The topological polar surface area (TPSA) is 0 Å². The molecule has 9 aliphatic carbocycles. The molecule has 0 spiro atoms. The minimum atomic E-state index is 0. The van der Waals surface area contributed by atoms with Gasteiger partial charge in [0.05, 0.1) is 0 Å². The standard InChI is InChI=1S/C24H30.2Li/c1-5-17-6-2-15(1)13-21(17)23-19-9-11-20(12-10-19)24(23)22-14-16-3-7-18(22)8-4-16;;/h15-20H,1-12H2;;/q-2;2*+1. The van der Waals surface area contributed by atoms with Crippen LogP contribution >= 0.6 is 0 Å². The molecular formula is C24H30Li2. The zero-order valence-electron chi connectivity index (χ0n) is 16.9. The Hall–Kier alpha value is 0.415. The molecular weight excluding hydrogens is 302 g/mol. The summed E-state index contributed by atoms with van der Waals surface area (Å²) < 4.78 is 0. The fraction of sp³-hybridized carbons (Fsp3) is 0.750. The molecule has 6 bridgehead atoms. The van der Waals surface area contributed by atoms with Crippen molar-refractivity contribution in [2.75, 3.05) is 0 Å². The quantitative estimate of drug-likeness (QED) is 0.501. The van der Waals surface area contributed by atoms with Crippen molar-refractivity contribution < 1.29 is 37.7 Å². The summed E-state index contributed by atoms with van der Waals surface area (Å²) in [6.45, 7) is 0. The molecule has 3 saturated carbocycles. The molecule has 2 heteroatoms. The first-order chi connectivity index (χ1) is 11.9. The Morgan fingerprint density at radius 1 is 0.423 bits per heavy atom. The normalized spacial score (nSPS) is 42.8. The van der Waals surface area contributed by atoms with Crippen LogP contribution in [0.4, 0.5) is 0 Å². The number of rotatable bonds is 2. The van der Waals surface area contributed by atoms with Crippen LogP contribution in [0, 0.1) is 47.7 Å². The molecule has 0 aliphatic heterocycles. The maximum Gasteiger partial charge on any atom is 1.00 e. The van der Waals surface area contributed by atoms with E-state index in [1.165, 1.54) is 77.0 Å². The van der Waals surface area contributed by atoms with Crippen molar-refractivity contribution in [2.24, 2.45) is 35.5 Å². The summed E-state index contributed by atoms with van der Waals surface area (Å²) in [4.78, 5) is 0. The zero-order chi connectivity index (χ0) is 15.7. The Morgan fingerprint density at radius 3 is 1.00 bits per heavy atom. The Kier molecular flexibility index (Phi) is 5.82. The van der Waals surface area contributed by atoms with Crippen molar-refractivity contribution in [3.63, 3.8) is 0 Å². The van der Waals surface area contributed by atoms with Crippen LogP contribution in [0.3, 0.4) is 0 Å². The molecule has 0 amide bonds. The second-order valence-corrected chi connectivity index (χ2v) is 9.59. The first-order valence-corrected chi connectivity index (χ1v) is 10.9. The Morgan fingerprint density at radius 2 is 0.731 bits per heavy atom. The van der Waals surface area contributed by atoms with Crippen LogP contribution in [0.1, 0.15) is 77.0 Å². The Labute approximate surface area is 184 Å². The van der Waals surface area contributed by atoms with Crippen LogP contribution in [0.25, 0.3) is 0 Å². The van der Waals surface area contributed by atoms with E-state index >= 15 is 0 Å². The molecule has 9 rings (SSSR count). The van der Waals surface area contributed by atoms with Crippen LogP contribution in [0.2, 0.25) is 0 Å². The number of hydrogen-bond acceptors (Lipinski definition) is 0. The van der Waals surface area contributed by atoms with E-state index in [2.05, 4.69) is 12.2 Å². The van der Waals surface area contributed by atoms with Gasteiger partial charge >= 0.3 is 37.7 Å². The van der Waals surface area contributed by atoms with Gasteiger partial charge in [-0.25, -0.2) is 11.1 Å². The maximum atomic E-state index is 4.04. The molecule has 3 fully saturated rings. The summed E-state index contributed by atoms with van der Waals surface area (Å²) >= 11 is 0. The monoisotopic (exact) mass is 332 g/mol. The van der Waals surface area contributed by atoms with E-state index in [1.807, 2.05) is 11.1 Å². The van der Waals surface area contributed by atoms with Crippen molar-refractivity contribution >= 4 is 0 Å². The van der Waals surface area contributed by atoms with Gasteiger partial charge in [0.2, 0.25) is 0 Å². The molecule has 0 aromatic heterocycles. The van der Waals surface area contributed by atoms with Gasteiger partial charge in [0, 0.05) is 0 Å². The van der Waals surface area contributed by atoms with Gasteiger partial charge in [-0.3, -0.25) is 23.3 Å². The third kappa shape index (κ3) is 3.03. The third-order valence-corrected chi connectivity index (χ3v) is 8.40. The van der Waals surface area contributed by atoms with E-state index in [-0.39, 0.29) is 37.7 Å². The van der Waals surface area contributed by atoms with E-state index in [9.17, 15) is 0 Å². The minimum absolute atomic E-state index is 0. The van der Waals surface area contributed by atoms with Crippen LogP contribution in [0.5, 0.6) is 0 Å². The van der Waals surface area contributed by atoms with Crippen molar-refractivity contribution in [2.45, 2.75) is 77.0 Å². The zero-order valence-corrected chi connectivity index (χ0v) is 16.9. The van der Waals surface area contributed by atoms with Crippen molar-refractivity contribution in [1.29, 1.82) is 0 Å². The first kappa shape index (κ1) is 19.7. The van der Waals surface area contributed by atoms with Gasteiger partial charge in [0.1, 0.15) is 0 Å². The van der Waals surface area contributed by atoms with Gasteiger partial charge in [0.25, 0.3) is 0 Å². The van der Waals surface area contributed by atoms with E-state index in [0.717, 1.165) is 35.5 Å². The minimum Gasteiger partial charge on any atom is -0.270 e. The maximum absolute atomic E-state index is 4.04. The van der Waals surface area contributed by atoms with Crippen LogP contribution in [-0.2, 0) is 0 Å². The van der Waals surface area contributed by atoms with Gasteiger partial charge in [-0.05, 0) is 0 Å². The number of hydrogen-bond donors (Lipinski definition) is 0. The average Bonchev–Trinajstić information content (AvgIpc) is 2.70. The predicted octanol–water partition coefficient (Wildman–Crippen LogP) is 0.210. The smallest absolute Gasteiger partial charge is 0.270 e. The molecule has 0 atom stereocenters. The number of allylic oxidation sites excluding steroid dienone is 6. The third-order valence-electron chi connectivity index (χ3n) is 8.40. The van der Waals surface area contributed by atoms with Crippen LogP contribution < -0.4 is 37.7 Å². The molecule has 26 heavy (non-hydrogen) atoms. The van der Waals surface area contributed by atoms with Crippen LogP contribution in [0.15, 0.2) is 22.3 Å². The van der Waals surface area contributed by atoms with Crippen LogP contribution in [-0.4, -0.2) is 0 Å². The number of fused-ring (bicyclic) bond motifs is 8. The summed E-state index contributed by atoms with van der Waals surface area (Å²) in [5.41, 5.74) is 7.17. The summed E-state index contributed by atoms with van der Waals surface area (Å²) in [5, 5.41) is 0. The molecule has 0 saturated heterocycles. The second-order valence-electron chi connectivity index (χ2n) is 9.59. The Balaban J connectivity index is 0.000000841. The molecule has 0 nitrogen and oxygen atoms in total. The van der Waals surface area contributed by atoms with E-state index in [0.29, 0.717) is 0 Å². The largest absolute Gasteiger partial charge is 1.00 e. The fourth-order valence-corrected chi connectivity index (χ4v) is 7.16. The van der Waals surface area contributed by atoms with Gasteiger partial charge in [0.15, 0.2) is 0 Å². The van der Waals surface area contributed by atoms with Gasteiger partial charge in [-0.1, -0.05) is 113 Å². The molecule has 0 heterocycles.